The van der Waals surface area contributed by atoms with Crippen molar-refractivity contribution in [2.24, 2.45) is 10.7 Å². The van der Waals surface area contributed by atoms with Crippen molar-refractivity contribution in [1.82, 2.24) is 0 Å². The molecule has 1 rings (SSSR count). The van der Waals surface area contributed by atoms with E-state index in [-0.39, 0.29) is 5.96 Å². The molecule has 0 amide bonds. The lowest BCUT2D eigenvalue weighted by Crippen LogP contribution is -2.24. The van der Waals surface area contributed by atoms with Crippen molar-refractivity contribution >= 4 is 35.1 Å². The van der Waals surface area contributed by atoms with Crippen LogP contribution in [0.15, 0.2) is 65.7 Å². The summed E-state index contributed by atoms with van der Waals surface area (Å²) in [5.41, 5.74) is 8.08. The van der Waals surface area contributed by atoms with Crippen molar-refractivity contribution in [2.45, 2.75) is 6.92 Å². The molecule has 1 aromatic rings. The summed E-state index contributed by atoms with van der Waals surface area (Å²) in [4.78, 5) is 4.49. The smallest absolute Gasteiger partial charge is 0.199 e. The number of anilines is 1. The molecule has 0 aromatic heterocycles. The third-order valence-electron chi connectivity index (χ3n) is 2.48. The Labute approximate surface area is 130 Å². The van der Waals surface area contributed by atoms with Gasteiger partial charge in [-0.15, -0.1) is 0 Å². The van der Waals surface area contributed by atoms with Crippen LogP contribution in [0.2, 0.25) is 0 Å². The minimum Gasteiger partial charge on any atom is -0.369 e. The van der Waals surface area contributed by atoms with E-state index < -0.39 is 0 Å². The Morgan fingerprint density at radius 2 is 2.24 bits per heavy atom. The van der Waals surface area contributed by atoms with E-state index in [1.54, 1.807) is 12.1 Å². The van der Waals surface area contributed by atoms with E-state index in [1.165, 1.54) is 6.21 Å². The number of benzene rings is 1. The van der Waals surface area contributed by atoms with E-state index in [0.29, 0.717) is 4.99 Å². The molecule has 0 fully saturated rings. The van der Waals surface area contributed by atoms with Crippen molar-refractivity contribution in [2.75, 3.05) is 5.32 Å². The summed E-state index contributed by atoms with van der Waals surface area (Å²) in [6, 6.07) is 7.28. The first-order chi connectivity index (χ1) is 10.1. The minimum absolute atomic E-state index is 0.190. The quantitative estimate of drug-likeness (QED) is 0.256. The van der Waals surface area contributed by atoms with Gasteiger partial charge in [-0.05, 0) is 24.6 Å². The van der Waals surface area contributed by atoms with E-state index in [4.69, 9.17) is 23.4 Å². The number of allylic oxidation sites excluding steroid dienone is 3. The molecule has 1 aromatic carbocycles. The molecular formula is C16H18N4S. The molecule has 0 heterocycles. The van der Waals surface area contributed by atoms with Gasteiger partial charge in [-0.25, -0.2) is 4.99 Å². The first-order valence-electron chi connectivity index (χ1n) is 6.32. The summed E-state index contributed by atoms with van der Waals surface area (Å²) in [6.07, 6.45) is 8.46. The fourth-order valence-corrected chi connectivity index (χ4v) is 1.73. The molecule has 21 heavy (non-hydrogen) atoms. The predicted octanol–water partition coefficient (Wildman–Crippen LogP) is 3.43. The highest BCUT2D eigenvalue weighted by atomic mass is 32.1. The number of nitrogens with one attached hydrogen (secondary N) is 2. The zero-order chi connectivity index (χ0) is 15.7. The highest BCUT2D eigenvalue weighted by Crippen LogP contribution is 2.09. The zero-order valence-corrected chi connectivity index (χ0v) is 12.7. The maximum Gasteiger partial charge on any atom is 0.199 e. The summed E-state index contributed by atoms with van der Waals surface area (Å²) in [5, 5.41) is 10.2. The molecule has 0 atom stereocenters. The molecule has 5 heteroatoms. The maximum atomic E-state index is 7.22. The fraction of sp³-hybridized carbons (Fsp3) is 0.0625. The standard InChI is InChI=1S/C16H18N4S/c1-3-5-8-13(4-2)15(21)20-16(18)19-14-9-6-7-12(10-14)11-17/h3-11,17H,2H2,1H3,(H3,18,19,20,21)/b5-3-,13-8+,17-11?. The van der Waals surface area contributed by atoms with Gasteiger partial charge < -0.3 is 16.5 Å². The van der Waals surface area contributed by atoms with Gasteiger partial charge in [0.05, 0.1) is 0 Å². The second-order valence-corrected chi connectivity index (χ2v) is 4.44. The van der Waals surface area contributed by atoms with Gasteiger partial charge in [-0.1, -0.05) is 55.2 Å². The van der Waals surface area contributed by atoms with Crippen LogP contribution in [0.3, 0.4) is 0 Å². The van der Waals surface area contributed by atoms with Gasteiger partial charge in [0.25, 0.3) is 0 Å². The highest BCUT2D eigenvalue weighted by molar-refractivity contribution is 7.80. The number of guanidine groups is 1. The molecule has 4 nitrogen and oxygen atoms in total. The van der Waals surface area contributed by atoms with Crippen molar-refractivity contribution in [3.63, 3.8) is 0 Å². The van der Waals surface area contributed by atoms with Crippen LogP contribution < -0.4 is 11.1 Å². The van der Waals surface area contributed by atoms with E-state index >= 15 is 0 Å². The minimum atomic E-state index is 0.190. The zero-order valence-electron chi connectivity index (χ0n) is 11.8. The third kappa shape index (κ3) is 5.54. The fourth-order valence-electron chi connectivity index (χ4n) is 1.48. The van der Waals surface area contributed by atoms with Crippen LogP contribution in [0.5, 0.6) is 0 Å². The number of thiocarbonyl (C=S) groups is 1. The van der Waals surface area contributed by atoms with Crippen LogP contribution in [0, 0.1) is 5.41 Å². The normalized spacial score (nSPS) is 12.2. The number of hydrogen-bond donors (Lipinski definition) is 3. The van der Waals surface area contributed by atoms with E-state index in [2.05, 4.69) is 16.9 Å². The Morgan fingerprint density at radius 1 is 1.48 bits per heavy atom. The molecule has 4 N–H and O–H groups in total. The number of rotatable bonds is 5. The van der Waals surface area contributed by atoms with Crippen LogP contribution in [0.4, 0.5) is 5.69 Å². The third-order valence-corrected chi connectivity index (χ3v) is 2.81. The molecule has 0 aliphatic carbocycles. The SMILES string of the molecule is C=C/C(=C\C=C/C)C(=S)N=C(N)Nc1cccc(C=N)c1. The average molecular weight is 298 g/mol. The first-order valence-corrected chi connectivity index (χ1v) is 6.73. The summed E-state index contributed by atoms with van der Waals surface area (Å²) in [6.45, 7) is 5.62. The molecule has 0 spiro atoms. The lowest BCUT2D eigenvalue weighted by Gasteiger charge is -2.06. The maximum absolute atomic E-state index is 7.22. The summed E-state index contributed by atoms with van der Waals surface area (Å²) in [5.74, 6) is 0.190. The Hall–Kier alpha value is -2.53. The van der Waals surface area contributed by atoms with Gasteiger partial charge in [-0.3, -0.25) is 0 Å². The van der Waals surface area contributed by atoms with E-state index in [0.717, 1.165) is 16.8 Å². The van der Waals surface area contributed by atoms with Crippen molar-refractivity contribution in [3.05, 3.63) is 66.3 Å². The van der Waals surface area contributed by atoms with Gasteiger partial charge in [0, 0.05) is 17.5 Å². The van der Waals surface area contributed by atoms with Gasteiger partial charge in [0.2, 0.25) is 0 Å². The van der Waals surface area contributed by atoms with Crippen molar-refractivity contribution < 1.29 is 0 Å². The summed E-state index contributed by atoms with van der Waals surface area (Å²) >= 11 is 5.21. The number of hydrogen-bond acceptors (Lipinski definition) is 2. The van der Waals surface area contributed by atoms with Crippen LogP contribution in [-0.4, -0.2) is 17.2 Å². The van der Waals surface area contributed by atoms with Crippen LogP contribution in [0.1, 0.15) is 12.5 Å². The average Bonchev–Trinajstić information content (AvgIpc) is 2.48. The Bertz CT molecular complexity index is 627. The predicted molar refractivity (Wildman–Crippen MR) is 95.3 cm³/mol. The van der Waals surface area contributed by atoms with E-state index in [9.17, 15) is 0 Å². The lowest BCUT2D eigenvalue weighted by molar-refractivity contribution is 1.49. The molecule has 0 aliphatic heterocycles. The van der Waals surface area contributed by atoms with E-state index in [1.807, 2.05) is 43.4 Å². The van der Waals surface area contributed by atoms with Gasteiger partial charge in [-0.2, -0.15) is 0 Å². The Kier molecular flexibility index (Phi) is 6.77. The van der Waals surface area contributed by atoms with Gasteiger partial charge >= 0.3 is 0 Å². The molecule has 0 aliphatic rings. The van der Waals surface area contributed by atoms with Crippen molar-refractivity contribution in [3.8, 4) is 0 Å². The summed E-state index contributed by atoms with van der Waals surface area (Å²) in [7, 11) is 0. The number of aliphatic imine (C=N–C) groups is 1. The molecule has 0 radical (unpaired) electrons. The summed E-state index contributed by atoms with van der Waals surface area (Å²) < 4.78 is 0. The van der Waals surface area contributed by atoms with Crippen LogP contribution in [-0.2, 0) is 0 Å². The molecule has 0 unspecified atom stereocenters. The van der Waals surface area contributed by atoms with Crippen LogP contribution in [0.25, 0.3) is 0 Å². The molecular weight excluding hydrogens is 280 g/mol. The lowest BCUT2D eigenvalue weighted by atomic mass is 10.2. The second kappa shape index (κ2) is 8.60. The number of nitrogens with two attached hydrogens (primary N) is 1. The topological polar surface area (TPSA) is 74.3 Å². The molecule has 0 saturated heterocycles. The van der Waals surface area contributed by atoms with Crippen molar-refractivity contribution in [1.29, 1.82) is 5.41 Å². The monoisotopic (exact) mass is 298 g/mol. The molecule has 0 saturated carbocycles. The van der Waals surface area contributed by atoms with Crippen LogP contribution >= 0.6 is 12.2 Å². The molecule has 0 bridgehead atoms. The Balaban J connectivity index is 2.86. The Morgan fingerprint density at radius 3 is 2.86 bits per heavy atom. The van der Waals surface area contributed by atoms with Gasteiger partial charge in [0.15, 0.2) is 5.96 Å². The largest absolute Gasteiger partial charge is 0.369 e. The highest BCUT2D eigenvalue weighted by Gasteiger charge is 2.01. The van der Waals surface area contributed by atoms with Gasteiger partial charge in [0.1, 0.15) is 4.99 Å². The number of nitrogens with zero attached hydrogens (tertiary/aromatic N) is 1. The first kappa shape index (κ1) is 16.5. The second-order valence-electron chi connectivity index (χ2n) is 4.05. The molecule has 108 valence electrons.